The molecular formula is C20H22N4O3. The first-order valence-electron chi connectivity index (χ1n) is 9.17. The van der Waals surface area contributed by atoms with Crippen LogP contribution in [0.3, 0.4) is 0 Å². The lowest BCUT2D eigenvalue weighted by atomic mass is 9.80. The zero-order chi connectivity index (χ0) is 18.9. The van der Waals surface area contributed by atoms with E-state index in [2.05, 4.69) is 15.3 Å². The van der Waals surface area contributed by atoms with Gasteiger partial charge in [0.2, 0.25) is 5.91 Å². The predicted molar refractivity (Wildman–Crippen MR) is 98.1 cm³/mol. The van der Waals surface area contributed by atoms with Gasteiger partial charge in [-0.15, -0.1) is 0 Å². The largest absolute Gasteiger partial charge is 0.487 e. The molecule has 0 radical (unpaired) electrons. The molecule has 1 spiro atoms. The van der Waals surface area contributed by atoms with Gasteiger partial charge in [0.15, 0.2) is 0 Å². The molecule has 27 heavy (non-hydrogen) atoms. The summed E-state index contributed by atoms with van der Waals surface area (Å²) in [4.78, 5) is 34.0. The summed E-state index contributed by atoms with van der Waals surface area (Å²) in [5.41, 5.74) is 0.943. The Kier molecular flexibility index (Phi) is 4.51. The molecule has 1 fully saturated rings. The number of aromatic nitrogens is 2. The van der Waals surface area contributed by atoms with Gasteiger partial charge in [-0.1, -0.05) is 18.2 Å². The summed E-state index contributed by atoms with van der Waals surface area (Å²) in [6.07, 6.45) is 5.10. The fraction of sp³-hybridized carbons (Fsp3) is 0.400. The average Bonchev–Trinajstić information content (AvgIpc) is 2.69. The zero-order valence-corrected chi connectivity index (χ0v) is 15.2. The highest BCUT2D eigenvalue weighted by atomic mass is 16.5. The van der Waals surface area contributed by atoms with Crippen molar-refractivity contribution in [2.75, 3.05) is 13.1 Å². The minimum atomic E-state index is -0.371. The summed E-state index contributed by atoms with van der Waals surface area (Å²) >= 11 is 0. The molecule has 1 aromatic carbocycles. The Hall–Kier alpha value is -2.96. The maximum Gasteiger partial charge on any atom is 0.270 e. The first-order chi connectivity index (χ1) is 13.1. The van der Waals surface area contributed by atoms with Crippen molar-refractivity contribution in [2.45, 2.75) is 37.8 Å². The van der Waals surface area contributed by atoms with Crippen molar-refractivity contribution in [3.05, 3.63) is 54.1 Å². The van der Waals surface area contributed by atoms with E-state index in [4.69, 9.17) is 4.74 Å². The third kappa shape index (κ3) is 3.49. The molecule has 7 heteroatoms. The van der Waals surface area contributed by atoms with Crippen molar-refractivity contribution in [1.29, 1.82) is 0 Å². The smallest absolute Gasteiger partial charge is 0.270 e. The molecule has 2 amide bonds. The monoisotopic (exact) mass is 366 g/mol. The summed E-state index contributed by atoms with van der Waals surface area (Å²) in [5.74, 6) is 0.665. The van der Waals surface area contributed by atoms with Gasteiger partial charge in [-0.2, -0.15) is 0 Å². The Balaban J connectivity index is 1.57. The molecule has 3 heterocycles. The van der Waals surface area contributed by atoms with Crippen molar-refractivity contribution in [3.63, 3.8) is 0 Å². The molecule has 0 saturated carbocycles. The number of carbonyl (C=O) groups excluding carboxylic acids is 2. The van der Waals surface area contributed by atoms with Crippen molar-refractivity contribution in [2.24, 2.45) is 0 Å². The molecule has 2 aliphatic heterocycles. The van der Waals surface area contributed by atoms with Gasteiger partial charge in [0, 0.05) is 51.0 Å². The third-order valence-corrected chi connectivity index (χ3v) is 5.44. The van der Waals surface area contributed by atoms with Crippen LogP contribution in [0.4, 0.5) is 0 Å². The minimum absolute atomic E-state index is 0.0923. The van der Waals surface area contributed by atoms with Crippen LogP contribution in [0.1, 0.15) is 48.3 Å². The SMILES string of the molecule is CC(=O)N1CCC2(CC1)CC(NC(=O)c1ccncn1)c1ccccc1O2. The van der Waals surface area contributed by atoms with Gasteiger partial charge in [0.25, 0.3) is 5.91 Å². The van der Waals surface area contributed by atoms with Gasteiger partial charge in [-0.3, -0.25) is 9.59 Å². The normalized spacial score (nSPS) is 20.5. The van der Waals surface area contributed by atoms with E-state index in [1.165, 1.54) is 6.33 Å². The highest BCUT2D eigenvalue weighted by Gasteiger charge is 2.44. The van der Waals surface area contributed by atoms with E-state index >= 15 is 0 Å². The van der Waals surface area contributed by atoms with Crippen LogP contribution in [0.15, 0.2) is 42.9 Å². The topological polar surface area (TPSA) is 84.4 Å². The van der Waals surface area contributed by atoms with E-state index in [9.17, 15) is 9.59 Å². The number of benzene rings is 1. The van der Waals surface area contributed by atoms with Crippen LogP contribution in [0.5, 0.6) is 5.75 Å². The lowest BCUT2D eigenvalue weighted by Crippen LogP contribution is -2.53. The van der Waals surface area contributed by atoms with Crippen molar-refractivity contribution < 1.29 is 14.3 Å². The standard InChI is InChI=1S/C20H22N4O3/c1-14(25)24-10-7-20(8-11-24)12-17(15-4-2-3-5-18(15)27-20)23-19(26)16-6-9-21-13-22-16/h2-6,9,13,17H,7-8,10-12H2,1H3,(H,23,26). The lowest BCUT2D eigenvalue weighted by Gasteiger charge is -2.46. The van der Waals surface area contributed by atoms with E-state index in [0.29, 0.717) is 25.2 Å². The Bertz CT molecular complexity index is 847. The average molecular weight is 366 g/mol. The van der Waals surface area contributed by atoms with Gasteiger partial charge < -0.3 is 15.0 Å². The van der Waals surface area contributed by atoms with Crippen LogP contribution < -0.4 is 10.1 Å². The number of piperidine rings is 1. The molecule has 1 N–H and O–H groups in total. The first-order valence-corrected chi connectivity index (χ1v) is 9.17. The number of hydrogen-bond donors (Lipinski definition) is 1. The highest BCUT2D eigenvalue weighted by Crippen LogP contribution is 2.44. The second-order valence-corrected chi connectivity index (χ2v) is 7.15. The number of para-hydroxylation sites is 1. The van der Waals surface area contributed by atoms with Crippen LogP contribution in [-0.2, 0) is 4.79 Å². The number of rotatable bonds is 2. The molecule has 1 aromatic heterocycles. The number of nitrogens with zero attached hydrogens (tertiary/aromatic N) is 3. The fourth-order valence-corrected chi connectivity index (χ4v) is 3.94. The van der Waals surface area contributed by atoms with Gasteiger partial charge in [-0.25, -0.2) is 9.97 Å². The number of nitrogens with one attached hydrogen (secondary N) is 1. The first kappa shape index (κ1) is 17.5. The molecule has 2 aromatic rings. The predicted octanol–water partition coefficient (Wildman–Crippen LogP) is 2.11. The number of amides is 2. The molecule has 0 bridgehead atoms. The number of fused-ring (bicyclic) bond motifs is 1. The van der Waals surface area contributed by atoms with E-state index in [-0.39, 0.29) is 23.5 Å². The highest BCUT2D eigenvalue weighted by molar-refractivity contribution is 5.92. The third-order valence-electron chi connectivity index (χ3n) is 5.44. The Morgan fingerprint density at radius 3 is 2.70 bits per heavy atom. The minimum Gasteiger partial charge on any atom is -0.487 e. The summed E-state index contributed by atoms with van der Waals surface area (Å²) in [6, 6.07) is 9.24. The summed E-state index contributed by atoms with van der Waals surface area (Å²) in [5, 5.41) is 3.11. The van der Waals surface area contributed by atoms with Gasteiger partial charge >= 0.3 is 0 Å². The molecule has 0 aliphatic carbocycles. The van der Waals surface area contributed by atoms with E-state index in [1.54, 1.807) is 19.2 Å². The number of carbonyl (C=O) groups is 2. The Labute approximate surface area is 157 Å². The number of hydrogen-bond acceptors (Lipinski definition) is 5. The van der Waals surface area contributed by atoms with E-state index in [0.717, 1.165) is 24.2 Å². The van der Waals surface area contributed by atoms with Crippen molar-refractivity contribution in [1.82, 2.24) is 20.2 Å². The molecule has 7 nitrogen and oxygen atoms in total. The maximum absolute atomic E-state index is 12.6. The van der Waals surface area contributed by atoms with Crippen LogP contribution in [-0.4, -0.2) is 45.4 Å². The van der Waals surface area contributed by atoms with Gasteiger partial charge in [0.05, 0.1) is 6.04 Å². The molecule has 1 unspecified atom stereocenters. The summed E-state index contributed by atoms with van der Waals surface area (Å²) in [6.45, 7) is 2.94. The second-order valence-electron chi connectivity index (χ2n) is 7.15. The van der Waals surface area contributed by atoms with Crippen LogP contribution in [0, 0.1) is 0 Å². The van der Waals surface area contributed by atoms with Gasteiger partial charge in [-0.05, 0) is 12.1 Å². The molecule has 4 rings (SSSR count). The van der Waals surface area contributed by atoms with Crippen LogP contribution in [0.2, 0.25) is 0 Å². The number of ether oxygens (including phenoxy) is 1. The molecule has 140 valence electrons. The lowest BCUT2D eigenvalue weighted by molar-refractivity contribution is -0.132. The zero-order valence-electron chi connectivity index (χ0n) is 15.2. The summed E-state index contributed by atoms with van der Waals surface area (Å²) < 4.78 is 6.39. The number of likely N-dealkylation sites (tertiary alicyclic amines) is 1. The Morgan fingerprint density at radius 1 is 1.22 bits per heavy atom. The van der Waals surface area contributed by atoms with E-state index in [1.807, 2.05) is 29.2 Å². The Morgan fingerprint density at radius 2 is 2.00 bits per heavy atom. The van der Waals surface area contributed by atoms with Crippen molar-refractivity contribution in [3.8, 4) is 5.75 Å². The molecular weight excluding hydrogens is 344 g/mol. The van der Waals surface area contributed by atoms with Crippen LogP contribution in [0.25, 0.3) is 0 Å². The van der Waals surface area contributed by atoms with Crippen molar-refractivity contribution >= 4 is 11.8 Å². The van der Waals surface area contributed by atoms with Gasteiger partial charge in [0.1, 0.15) is 23.4 Å². The van der Waals surface area contributed by atoms with Crippen LogP contribution >= 0.6 is 0 Å². The molecule has 1 saturated heterocycles. The maximum atomic E-state index is 12.6. The second kappa shape index (κ2) is 6.98. The fourth-order valence-electron chi connectivity index (χ4n) is 3.94. The molecule has 2 aliphatic rings. The van der Waals surface area contributed by atoms with E-state index < -0.39 is 0 Å². The quantitative estimate of drug-likeness (QED) is 0.880. The summed E-state index contributed by atoms with van der Waals surface area (Å²) in [7, 11) is 0. The molecule has 1 atom stereocenters.